The van der Waals surface area contributed by atoms with Gasteiger partial charge in [0, 0.05) is 32.3 Å². The van der Waals surface area contributed by atoms with E-state index >= 15 is 0 Å². The molecule has 1 aliphatic carbocycles. The zero-order valence-corrected chi connectivity index (χ0v) is 14.3. The van der Waals surface area contributed by atoms with Crippen LogP contribution in [0.25, 0.3) is 0 Å². The molecule has 1 fully saturated rings. The second-order valence-corrected chi connectivity index (χ2v) is 7.96. The molecule has 0 radical (unpaired) electrons. The van der Waals surface area contributed by atoms with Gasteiger partial charge < -0.3 is 4.57 Å². The van der Waals surface area contributed by atoms with Crippen molar-refractivity contribution in [2.24, 2.45) is 14.1 Å². The number of hydrogen-bond acceptors (Lipinski definition) is 4. The Labute approximate surface area is 139 Å². The van der Waals surface area contributed by atoms with Crippen molar-refractivity contribution in [3.05, 3.63) is 62.9 Å². The molecule has 0 unspecified atom stereocenters. The number of sulfonamides is 1. The molecule has 1 aromatic carbocycles. The van der Waals surface area contributed by atoms with Crippen LogP contribution in [-0.2, 0) is 29.5 Å². The second-order valence-electron chi connectivity index (χ2n) is 6.22. The summed E-state index contributed by atoms with van der Waals surface area (Å²) in [5.41, 5.74) is -0.515. The first-order valence-electron chi connectivity index (χ1n) is 7.59. The lowest BCUT2D eigenvalue weighted by Crippen LogP contribution is -2.42. The summed E-state index contributed by atoms with van der Waals surface area (Å²) in [5, 5.41) is 0. The Balaban J connectivity index is 1.89. The topological polar surface area (TPSA) is 90.2 Å². The summed E-state index contributed by atoms with van der Waals surface area (Å²) in [6, 6.07) is 9.72. The Hall–Kier alpha value is -2.19. The molecule has 1 heterocycles. The molecular weight excluding hydrogens is 330 g/mol. The fraction of sp³-hybridized carbons (Fsp3) is 0.375. The van der Waals surface area contributed by atoms with Gasteiger partial charge in [-0.3, -0.25) is 9.36 Å². The molecule has 0 spiro atoms. The molecule has 1 aromatic heterocycles. The van der Waals surface area contributed by atoms with Crippen LogP contribution in [0.4, 0.5) is 0 Å². The van der Waals surface area contributed by atoms with Gasteiger partial charge in [0.1, 0.15) is 0 Å². The van der Waals surface area contributed by atoms with Gasteiger partial charge in [0.25, 0.3) is 5.56 Å². The lowest BCUT2D eigenvalue weighted by molar-refractivity contribution is 0.558. The minimum atomic E-state index is -4.00. The third-order valence-corrected chi connectivity index (χ3v) is 5.93. The predicted octanol–water partition coefficient (Wildman–Crippen LogP) is 0.0941. The lowest BCUT2D eigenvalue weighted by Gasteiger charge is -2.17. The second kappa shape index (κ2) is 5.71. The summed E-state index contributed by atoms with van der Waals surface area (Å²) in [4.78, 5) is 23.4. The Bertz CT molecular complexity index is 986. The molecule has 0 bridgehead atoms. The quantitative estimate of drug-likeness (QED) is 0.829. The predicted molar refractivity (Wildman–Crippen MR) is 89.5 cm³/mol. The Kier molecular flexibility index (Phi) is 3.97. The van der Waals surface area contributed by atoms with Crippen molar-refractivity contribution < 1.29 is 8.42 Å². The summed E-state index contributed by atoms with van der Waals surface area (Å²) < 4.78 is 29.5. The van der Waals surface area contributed by atoms with Crippen LogP contribution in [0, 0.1) is 0 Å². The highest BCUT2D eigenvalue weighted by Gasteiger charge is 2.44. The van der Waals surface area contributed by atoms with Crippen molar-refractivity contribution in [3.8, 4) is 0 Å². The van der Waals surface area contributed by atoms with Gasteiger partial charge in [0.15, 0.2) is 4.90 Å². The molecule has 1 saturated carbocycles. The Morgan fingerprint density at radius 1 is 1.12 bits per heavy atom. The molecule has 24 heavy (non-hydrogen) atoms. The normalized spacial score (nSPS) is 16.1. The van der Waals surface area contributed by atoms with Gasteiger partial charge in [-0.1, -0.05) is 30.3 Å². The fourth-order valence-electron chi connectivity index (χ4n) is 2.78. The van der Waals surface area contributed by atoms with Crippen molar-refractivity contribution in [3.63, 3.8) is 0 Å². The first-order chi connectivity index (χ1) is 11.3. The van der Waals surface area contributed by atoms with Crippen LogP contribution in [0.15, 0.2) is 51.0 Å². The zero-order chi connectivity index (χ0) is 17.5. The highest BCUT2D eigenvalue weighted by atomic mass is 32.2. The van der Waals surface area contributed by atoms with Crippen LogP contribution >= 0.6 is 0 Å². The van der Waals surface area contributed by atoms with E-state index in [0.717, 1.165) is 33.7 Å². The molecule has 0 amide bonds. The Morgan fingerprint density at radius 2 is 1.75 bits per heavy atom. The van der Waals surface area contributed by atoms with Crippen LogP contribution < -0.4 is 16.0 Å². The number of benzene rings is 1. The average Bonchev–Trinajstić information content (AvgIpc) is 3.36. The van der Waals surface area contributed by atoms with Gasteiger partial charge in [-0.2, -0.15) is 0 Å². The molecule has 1 aliphatic rings. The van der Waals surface area contributed by atoms with Gasteiger partial charge >= 0.3 is 5.69 Å². The van der Waals surface area contributed by atoms with E-state index in [4.69, 9.17) is 0 Å². The van der Waals surface area contributed by atoms with E-state index in [9.17, 15) is 18.0 Å². The summed E-state index contributed by atoms with van der Waals surface area (Å²) >= 11 is 0. The monoisotopic (exact) mass is 349 g/mol. The number of nitrogens with one attached hydrogen (secondary N) is 1. The third-order valence-electron chi connectivity index (χ3n) is 4.54. The van der Waals surface area contributed by atoms with Crippen molar-refractivity contribution in [1.29, 1.82) is 0 Å². The van der Waals surface area contributed by atoms with Crippen molar-refractivity contribution in [1.82, 2.24) is 13.9 Å². The smallest absolute Gasteiger partial charge is 0.302 e. The molecule has 8 heteroatoms. The molecule has 1 N–H and O–H groups in total. The number of nitrogens with zero attached hydrogens (tertiary/aromatic N) is 2. The average molecular weight is 349 g/mol. The van der Waals surface area contributed by atoms with Crippen molar-refractivity contribution in [2.45, 2.75) is 23.2 Å². The van der Waals surface area contributed by atoms with E-state index in [1.165, 1.54) is 14.1 Å². The third kappa shape index (κ3) is 2.83. The van der Waals surface area contributed by atoms with E-state index in [-0.39, 0.29) is 12.0 Å². The van der Waals surface area contributed by atoms with E-state index in [2.05, 4.69) is 4.72 Å². The van der Waals surface area contributed by atoms with Gasteiger partial charge in [-0.25, -0.2) is 17.9 Å². The molecule has 128 valence electrons. The molecular formula is C16H19N3O4S. The molecule has 2 aromatic rings. The van der Waals surface area contributed by atoms with Gasteiger partial charge in [0.2, 0.25) is 10.0 Å². The van der Waals surface area contributed by atoms with E-state index in [1.807, 2.05) is 30.3 Å². The highest BCUT2D eigenvalue weighted by molar-refractivity contribution is 7.89. The van der Waals surface area contributed by atoms with E-state index < -0.39 is 26.2 Å². The van der Waals surface area contributed by atoms with E-state index in [1.54, 1.807) is 0 Å². The lowest BCUT2D eigenvalue weighted by atomic mass is 9.96. The maximum atomic E-state index is 12.5. The first kappa shape index (κ1) is 16.7. The van der Waals surface area contributed by atoms with E-state index in [0.29, 0.717) is 0 Å². The van der Waals surface area contributed by atoms with Crippen LogP contribution in [0.5, 0.6) is 0 Å². The van der Waals surface area contributed by atoms with Crippen molar-refractivity contribution in [2.75, 3.05) is 6.54 Å². The summed E-state index contributed by atoms with van der Waals surface area (Å²) in [6.07, 6.45) is 2.85. The molecule has 7 nitrogen and oxygen atoms in total. The van der Waals surface area contributed by atoms with Gasteiger partial charge in [-0.15, -0.1) is 0 Å². The summed E-state index contributed by atoms with van der Waals surface area (Å²) in [5.74, 6) is 0. The number of rotatable bonds is 5. The number of aromatic nitrogens is 2. The molecule has 0 aliphatic heterocycles. The summed E-state index contributed by atoms with van der Waals surface area (Å²) in [6.45, 7) is 0.228. The van der Waals surface area contributed by atoms with Crippen LogP contribution in [0.3, 0.4) is 0 Å². The maximum absolute atomic E-state index is 12.5. The van der Waals surface area contributed by atoms with Crippen molar-refractivity contribution >= 4 is 10.0 Å². The van der Waals surface area contributed by atoms with Gasteiger partial charge in [0.05, 0.1) is 0 Å². The molecule has 0 saturated heterocycles. The molecule has 0 atom stereocenters. The molecule has 3 rings (SSSR count). The maximum Gasteiger partial charge on any atom is 0.330 e. The SMILES string of the molecule is Cn1cc(S(=O)(=O)NCC2(c3ccccc3)CC2)c(=O)n(C)c1=O. The van der Waals surface area contributed by atoms with Gasteiger partial charge in [-0.05, 0) is 18.4 Å². The Morgan fingerprint density at radius 3 is 2.33 bits per heavy atom. The number of aryl methyl sites for hydroxylation is 1. The van der Waals surface area contributed by atoms with Crippen LogP contribution in [0.1, 0.15) is 18.4 Å². The fourth-order valence-corrected chi connectivity index (χ4v) is 4.07. The minimum absolute atomic E-state index is 0.208. The highest BCUT2D eigenvalue weighted by Crippen LogP contribution is 2.47. The largest absolute Gasteiger partial charge is 0.330 e. The summed E-state index contributed by atoms with van der Waals surface area (Å²) in [7, 11) is -1.33. The standard InChI is InChI=1S/C16H19N3O4S/c1-18-10-13(14(20)19(2)15(18)21)24(22,23)17-11-16(8-9-16)12-6-4-3-5-7-12/h3-7,10,17H,8-9,11H2,1-2H3. The van der Waals surface area contributed by atoms with Crippen LogP contribution in [0.2, 0.25) is 0 Å². The van der Waals surface area contributed by atoms with Crippen LogP contribution in [-0.4, -0.2) is 24.1 Å². The minimum Gasteiger partial charge on any atom is -0.302 e. The zero-order valence-electron chi connectivity index (χ0n) is 13.5. The first-order valence-corrected chi connectivity index (χ1v) is 9.07. The number of hydrogen-bond donors (Lipinski definition) is 1.